The highest BCUT2D eigenvalue weighted by Crippen LogP contribution is 2.21. The minimum absolute atomic E-state index is 0.850. The summed E-state index contributed by atoms with van der Waals surface area (Å²) in [7, 11) is 1.74. The van der Waals surface area contributed by atoms with E-state index in [0.717, 1.165) is 43.1 Å². The largest absolute Gasteiger partial charge is 0.385 e. The molecule has 0 saturated heterocycles. The van der Waals surface area contributed by atoms with Gasteiger partial charge >= 0.3 is 0 Å². The first-order valence-electron chi connectivity index (χ1n) is 5.94. The molecule has 0 radical (unpaired) electrons. The molecule has 0 saturated carbocycles. The minimum Gasteiger partial charge on any atom is -0.385 e. The first-order chi connectivity index (χ1) is 8.40. The Morgan fingerprint density at radius 2 is 2.18 bits per heavy atom. The second-order valence-electron chi connectivity index (χ2n) is 3.95. The predicted octanol–water partition coefficient (Wildman–Crippen LogP) is 2.81. The van der Waals surface area contributed by atoms with Gasteiger partial charge in [0, 0.05) is 20.3 Å². The third-order valence-electron chi connectivity index (χ3n) is 2.57. The Kier molecular flexibility index (Phi) is 4.91. The Hall–Kier alpha value is -0.970. The molecule has 0 spiro atoms. The van der Waals surface area contributed by atoms with E-state index in [-0.39, 0.29) is 0 Å². The standard InChI is InChI=1S/C13H18N2OS/c1-16-9-5-4-8-14-10-13-15-11-6-2-3-7-12(11)17-13/h2-3,6-7,14H,4-5,8-10H2,1H3. The first-order valence-corrected chi connectivity index (χ1v) is 6.76. The highest BCUT2D eigenvalue weighted by atomic mass is 32.1. The lowest BCUT2D eigenvalue weighted by Crippen LogP contribution is -2.14. The Balaban J connectivity index is 1.75. The summed E-state index contributed by atoms with van der Waals surface area (Å²) < 4.78 is 6.28. The molecule has 0 aliphatic rings. The molecule has 2 rings (SSSR count). The van der Waals surface area contributed by atoms with Gasteiger partial charge in [0.05, 0.1) is 10.2 Å². The molecule has 0 unspecified atom stereocenters. The van der Waals surface area contributed by atoms with E-state index in [1.165, 1.54) is 4.70 Å². The Morgan fingerprint density at radius 3 is 3.00 bits per heavy atom. The van der Waals surface area contributed by atoms with Crippen molar-refractivity contribution in [1.29, 1.82) is 0 Å². The Bertz CT molecular complexity index is 422. The number of nitrogens with zero attached hydrogens (tertiary/aromatic N) is 1. The van der Waals surface area contributed by atoms with Gasteiger partial charge < -0.3 is 10.1 Å². The number of aromatic nitrogens is 1. The van der Waals surface area contributed by atoms with Crippen LogP contribution in [0.3, 0.4) is 0 Å². The summed E-state index contributed by atoms with van der Waals surface area (Å²) in [5.74, 6) is 0. The third kappa shape index (κ3) is 3.77. The van der Waals surface area contributed by atoms with Gasteiger partial charge in [0.25, 0.3) is 0 Å². The molecule has 0 aliphatic carbocycles. The number of para-hydroxylation sites is 1. The molecule has 0 aliphatic heterocycles. The van der Waals surface area contributed by atoms with Crippen molar-refractivity contribution in [3.63, 3.8) is 0 Å². The summed E-state index contributed by atoms with van der Waals surface area (Å²) in [6.45, 7) is 2.74. The van der Waals surface area contributed by atoms with Crippen molar-refractivity contribution < 1.29 is 4.74 Å². The van der Waals surface area contributed by atoms with E-state index < -0.39 is 0 Å². The van der Waals surface area contributed by atoms with Gasteiger partial charge in [0.15, 0.2) is 0 Å². The number of hydrogen-bond acceptors (Lipinski definition) is 4. The minimum atomic E-state index is 0.850. The SMILES string of the molecule is COCCCCNCc1nc2ccccc2s1. The van der Waals surface area contributed by atoms with Crippen molar-refractivity contribution in [2.75, 3.05) is 20.3 Å². The highest BCUT2D eigenvalue weighted by Gasteiger charge is 2.01. The maximum Gasteiger partial charge on any atom is 0.108 e. The van der Waals surface area contributed by atoms with Crippen LogP contribution in [0.4, 0.5) is 0 Å². The number of fused-ring (bicyclic) bond motifs is 1. The lowest BCUT2D eigenvalue weighted by atomic mass is 10.3. The molecular weight excluding hydrogens is 232 g/mol. The average molecular weight is 250 g/mol. The van der Waals surface area contributed by atoms with Gasteiger partial charge in [0.2, 0.25) is 0 Å². The van der Waals surface area contributed by atoms with Crippen LogP contribution in [0.25, 0.3) is 10.2 Å². The Morgan fingerprint density at radius 1 is 1.29 bits per heavy atom. The average Bonchev–Trinajstić information content (AvgIpc) is 2.76. The summed E-state index contributed by atoms with van der Waals surface area (Å²) in [6.07, 6.45) is 2.27. The van der Waals surface area contributed by atoms with Crippen LogP contribution in [0.15, 0.2) is 24.3 Å². The van der Waals surface area contributed by atoms with Crippen molar-refractivity contribution in [3.8, 4) is 0 Å². The van der Waals surface area contributed by atoms with Gasteiger partial charge in [-0.1, -0.05) is 12.1 Å². The van der Waals surface area contributed by atoms with Gasteiger partial charge in [-0.25, -0.2) is 4.98 Å². The Labute approximate surface area is 106 Å². The summed E-state index contributed by atoms with van der Waals surface area (Å²) in [6, 6.07) is 8.27. The fourth-order valence-electron chi connectivity index (χ4n) is 1.69. The smallest absolute Gasteiger partial charge is 0.108 e. The number of unbranched alkanes of at least 4 members (excludes halogenated alkanes) is 1. The van der Waals surface area contributed by atoms with E-state index in [2.05, 4.69) is 28.5 Å². The van der Waals surface area contributed by atoms with Gasteiger partial charge in [-0.2, -0.15) is 0 Å². The topological polar surface area (TPSA) is 34.1 Å². The van der Waals surface area contributed by atoms with Gasteiger partial charge in [-0.3, -0.25) is 0 Å². The lowest BCUT2D eigenvalue weighted by molar-refractivity contribution is 0.192. The molecule has 1 heterocycles. The molecule has 1 N–H and O–H groups in total. The van der Waals surface area contributed by atoms with E-state index in [4.69, 9.17) is 4.74 Å². The fourth-order valence-corrected chi connectivity index (χ4v) is 2.62. The van der Waals surface area contributed by atoms with Crippen LogP contribution in [-0.2, 0) is 11.3 Å². The first kappa shape index (κ1) is 12.5. The van der Waals surface area contributed by atoms with E-state index in [1.54, 1.807) is 18.4 Å². The van der Waals surface area contributed by atoms with Gasteiger partial charge in [-0.05, 0) is 31.5 Å². The summed E-state index contributed by atoms with van der Waals surface area (Å²) in [5.41, 5.74) is 1.11. The predicted molar refractivity (Wildman–Crippen MR) is 72.4 cm³/mol. The van der Waals surface area contributed by atoms with Crippen LogP contribution in [0, 0.1) is 0 Å². The normalized spacial score (nSPS) is 11.1. The zero-order chi connectivity index (χ0) is 11.9. The molecule has 0 fully saturated rings. The fraction of sp³-hybridized carbons (Fsp3) is 0.462. The van der Waals surface area contributed by atoms with Gasteiger partial charge in [0.1, 0.15) is 5.01 Å². The number of ether oxygens (including phenoxy) is 1. The summed E-state index contributed by atoms with van der Waals surface area (Å²) in [4.78, 5) is 4.58. The number of thiazole rings is 1. The van der Waals surface area contributed by atoms with E-state index >= 15 is 0 Å². The van der Waals surface area contributed by atoms with Crippen molar-refractivity contribution in [1.82, 2.24) is 10.3 Å². The van der Waals surface area contributed by atoms with Gasteiger partial charge in [-0.15, -0.1) is 11.3 Å². The molecule has 0 bridgehead atoms. The van der Waals surface area contributed by atoms with E-state index in [9.17, 15) is 0 Å². The van der Waals surface area contributed by atoms with Crippen molar-refractivity contribution >= 4 is 21.6 Å². The van der Waals surface area contributed by atoms with Crippen LogP contribution in [0.5, 0.6) is 0 Å². The second-order valence-corrected chi connectivity index (χ2v) is 5.07. The molecule has 4 heteroatoms. The summed E-state index contributed by atoms with van der Waals surface area (Å²) in [5, 5.41) is 4.58. The molecular formula is C13H18N2OS. The number of hydrogen-bond donors (Lipinski definition) is 1. The zero-order valence-corrected chi connectivity index (χ0v) is 10.9. The second kappa shape index (κ2) is 6.69. The zero-order valence-electron chi connectivity index (χ0n) is 10.1. The van der Waals surface area contributed by atoms with Crippen LogP contribution in [0.1, 0.15) is 17.8 Å². The maximum absolute atomic E-state index is 5.01. The number of nitrogens with one attached hydrogen (secondary N) is 1. The quantitative estimate of drug-likeness (QED) is 0.767. The molecule has 2 aromatic rings. The maximum atomic E-state index is 5.01. The van der Waals surface area contributed by atoms with Crippen LogP contribution in [0.2, 0.25) is 0 Å². The number of benzene rings is 1. The van der Waals surface area contributed by atoms with Crippen molar-refractivity contribution in [3.05, 3.63) is 29.3 Å². The number of methoxy groups -OCH3 is 1. The van der Waals surface area contributed by atoms with E-state index in [1.807, 2.05) is 6.07 Å². The van der Waals surface area contributed by atoms with Crippen LogP contribution >= 0.6 is 11.3 Å². The van der Waals surface area contributed by atoms with Crippen molar-refractivity contribution in [2.24, 2.45) is 0 Å². The molecule has 0 atom stereocenters. The lowest BCUT2D eigenvalue weighted by Gasteiger charge is -2.01. The summed E-state index contributed by atoms with van der Waals surface area (Å²) >= 11 is 1.77. The molecule has 1 aromatic carbocycles. The molecule has 3 nitrogen and oxygen atoms in total. The highest BCUT2D eigenvalue weighted by molar-refractivity contribution is 7.18. The molecule has 17 heavy (non-hydrogen) atoms. The monoisotopic (exact) mass is 250 g/mol. The van der Waals surface area contributed by atoms with E-state index in [0.29, 0.717) is 0 Å². The van der Waals surface area contributed by atoms with Crippen molar-refractivity contribution in [2.45, 2.75) is 19.4 Å². The van der Waals surface area contributed by atoms with Crippen LogP contribution < -0.4 is 5.32 Å². The molecule has 0 amide bonds. The van der Waals surface area contributed by atoms with Crippen LogP contribution in [-0.4, -0.2) is 25.2 Å². The third-order valence-corrected chi connectivity index (χ3v) is 3.60. The number of rotatable bonds is 7. The molecule has 1 aromatic heterocycles. The molecule has 92 valence electrons.